The molecule has 8 heteroatoms. The van der Waals surface area contributed by atoms with Crippen LogP contribution in [0.5, 0.6) is 0 Å². The van der Waals surface area contributed by atoms with E-state index < -0.39 is 0 Å². The first-order valence-corrected chi connectivity index (χ1v) is 9.64. The van der Waals surface area contributed by atoms with E-state index >= 15 is 0 Å². The van der Waals surface area contributed by atoms with E-state index in [1.807, 2.05) is 35.7 Å². The van der Waals surface area contributed by atoms with Crippen LogP contribution in [0.3, 0.4) is 0 Å². The molecule has 0 radical (unpaired) electrons. The molecule has 3 aromatic rings. The zero-order chi connectivity index (χ0) is 16.4. The number of thiocarbonyl (C=S) groups is 1. The fourth-order valence-corrected chi connectivity index (χ4v) is 4.31. The lowest BCUT2D eigenvalue weighted by Gasteiger charge is -2.04. The number of thiazole rings is 1. The first-order valence-electron chi connectivity index (χ1n) is 6.74. The molecule has 0 aliphatic rings. The maximum absolute atomic E-state index is 5.20. The van der Waals surface area contributed by atoms with Gasteiger partial charge in [0.1, 0.15) is 0 Å². The fraction of sp³-hybridized carbons (Fsp3) is 0.125. The van der Waals surface area contributed by atoms with Crippen molar-refractivity contribution in [2.75, 3.05) is 12.4 Å². The van der Waals surface area contributed by atoms with Gasteiger partial charge in [-0.2, -0.15) is 0 Å². The van der Waals surface area contributed by atoms with Crippen LogP contribution in [0.1, 0.15) is 9.75 Å². The number of thiophene rings is 1. The van der Waals surface area contributed by atoms with Crippen molar-refractivity contribution < 1.29 is 4.74 Å². The number of aromatic nitrogens is 1. The van der Waals surface area contributed by atoms with Crippen LogP contribution >= 0.6 is 67.8 Å². The Labute approximate surface area is 173 Å². The van der Waals surface area contributed by atoms with Crippen LogP contribution in [-0.4, -0.2) is 17.1 Å². The van der Waals surface area contributed by atoms with Gasteiger partial charge in [-0.25, -0.2) is 4.98 Å². The number of nitrogens with one attached hydrogen (secondary N) is 1. The number of aryl methyl sites for hydroxylation is 1. The monoisotopic (exact) mass is 504 g/mol. The van der Waals surface area contributed by atoms with E-state index in [-0.39, 0.29) is 17.0 Å². The molecule has 0 saturated heterocycles. The van der Waals surface area contributed by atoms with Crippen molar-refractivity contribution in [3.8, 4) is 11.3 Å². The smallest absolute Gasteiger partial charge is 0.201 e. The Balaban J connectivity index is 0.00000208. The van der Waals surface area contributed by atoms with Gasteiger partial charge in [-0.15, -0.1) is 39.7 Å². The van der Waals surface area contributed by atoms with Gasteiger partial charge in [0.2, 0.25) is 5.05 Å². The second-order valence-electron chi connectivity index (χ2n) is 4.71. The summed E-state index contributed by atoms with van der Waals surface area (Å²) in [5.41, 5.74) is 3.04. The van der Waals surface area contributed by atoms with E-state index in [2.05, 4.69) is 33.2 Å². The van der Waals surface area contributed by atoms with Crippen molar-refractivity contribution in [3.05, 3.63) is 49.9 Å². The molecule has 1 N–H and O–H groups in total. The van der Waals surface area contributed by atoms with Gasteiger partial charge in [-0.05, 0) is 53.3 Å². The molecule has 1 aromatic carbocycles. The molecule has 126 valence electrons. The van der Waals surface area contributed by atoms with Crippen LogP contribution in [0, 0.1) is 6.92 Å². The highest BCUT2D eigenvalue weighted by molar-refractivity contribution is 9.10. The standard InChI is InChI=1S/C16H13BrN2OS3.BrH/c1-9-10(7-14(23-9)15(21)20-2)13-8-22-16(19-13)18-12-6-4-3-5-11(12)17;/h3-8H,1-2H3,(H,18,19);1H. The van der Waals surface area contributed by atoms with Gasteiger partial charge >= 0.3 is 0 Å². The average molecular weight is 506 g/mol. The van der Waals surface area contributed by atoms with E-state index in [1.165, 1.54) is 4.88 Å². The van der Waals surface area contributed by atoms with E-state index in [0.29, 0.717) is 5.05 Å². The van der Waals surface area contributed by atoms with Crippen molar-refractivity contribution in [1.82, 2.24) is 4.98 Å². The van der Waals surface area contributed by atoms with Gasteiger partial charge in [0.05, 0.1) is 23.4 Å². The molecule has 2 aromatic heterocycles. The average Bonchev–Trinajstić information content (AvgIpc) is 3.15. The Kier molecular flexibility index (Phi) is 6.94. The molecule has 0 unspecified atom stereocenters. The second-order valence-corrected chi connectivity index (χ2v) is 8.05. The Morgan fingerprint density at radius 2 is 2.08 bits per heavy atom. The summed E-state index contributed by atoms with van der Waals surface area (Å²) in [6, 6.07) is 10.0. The number of para-hydroxylation sites is 1. The molecule has 0 saturated carbocycles. The molecule has 3 rings (SSSR count). The molecule has 0 bridgehead atoms. The van der Waals surface area contributed by atoms with Crippen LogP contribution < -0.4 is 5.32 Å². The second kappa shape index (κ2) is 8.53. The van der Waals surface area contributed by atoms with Crippen LogP contribution in [0.4, 0.5) is 10.8 Å². The summed E-state index contributed by atoms with van der Waals surface area (Å²) in [6.45, 7) is 2.07. The SMILES string of the molecule is Br.COC(=S)c1cc(-c2csc(Nc3ccccc3Br)n2)c(C)s1. The Morgan fingerprint density at radius 3 is 2.79 bits per heavy atom. The predicted molar refractivity (Wildman–Crippen MR) is 117 cm³/mol. The number of benzene rings is 1. The van der Waals surface area contributed by atoms with Gasteiger partial charge in [-0.1, -0.05) is 12.1 Å². The van der Waals surface area contributed by atoms with E-state index in [4.69, 9.17) is 17.0 Å². The number of nitrogens with zero attached hydrogens (tertiary/aromatic N) is 1. The van der Waals surface area contributed by atoms with Crippen molar-refractivity contribution in [3.63, 3.8) is 0 Å². The highest BCUT2D eigenvalue weighted by Gasteiger charge is 2.14. The van der Waals surface area contributed by atoms with E-state index in [1.54, 1.807) is 29.8 Å². The quantitative estimate of drug-likeness (QED) is 0.405. The maximum Gasteiger partial charge on any atom is 0.201 e. The van der Waals surface area contributed by atoms with Crippen molar-refractivity contribution >= 4 is 83.7 Å². The van der Waals surface area contributed by atoms with Crippen LogP contribution in [0.15, 0.2) is 40.2 Å². The van der Waals surface area contributed by atoms with Crippen molar-refractivity contribution in [1.29, 1.82) is 0 Å². The minimum Gasteiger partial charge on any atom is -0.486 e. The first-order chi connectivity index (χ1) is 11.1. The summed E-state index contributed by atoms with van der Waals surface area (Å²) in [6.07, 6.45) is 0. The molecule has 24 heavy (non-hydrogen) atoms. The lowest BCUT2D eigenvalue weighted by atomic mass is 10.2. The Morgan fingerprint density at radius 1 is 1.33 bits per heavy atom. The Bertz CT molecular complexity index is 861. The molecule has 0 aliphatic heterocycles. The first kappa shape index (κ1) is 19.5. The zero-order valence-electron chi connectivity index (χ0n) is 12.8. The summed E-state index contributed by atoms with van der Waals surface area (Å²) in [5.74, 6) is 0. The minimum atomic E-state index is 0. The molecule has 0 atom stereocenters. The van der Waals surface area contributed by atoms with Gasteiger partial charge < -0.3 is 10.1 Å². The number of hydrogen-bond donors (Lipinski definition) is 1. The number of anilines is 2. The zero-order valence-corrected chi connectivity index (χ0v) is 18.6. The van der Waals surface area contributed by atoms with Crippen molar-refractivity contribution in [2.24, 2.45) is 0 Å². The number of ether oxygens (including phenoxy) is 1. The fourth-order valence-electron chi connectivity index (χ4n) is 2.07. The minimum absolute atomic E-state index is 0. The highest BCUT2D eigenvalue weighted by atomic mass is 79.9. The summed E-state index contributed by atoms with van der Waals surface area (Å²) < 4.78 is 6.15. The molecular weight excluding hydrogens is 492 g/mol. The lowest BCUT2D eigenvalue weighted by Crippen LogP contribution is -1.95. The van der Waals surface area contributed by atoms with Gasteiger partial charge in [0.15, 0.2) is 5.13 Å². The lowest BCUT2D eigenvalue weighted by molar-refractivity contribution is 0.417. The topological polar surface area (TPSA) is 34.1 Å². The summed E-state index contributed by atoms with van der Waals surface area (Å²) in [7, 11) is 1.60. The van der Waals surface area contributed by atoms with Crippen LogP contribution in [0.25, 0.3) is 11.3 Å². The van der Waals surface area contributed by atoms with Crippen LogP contribution in [0.2, 0.25) is 0 Å². The van der Waals surface area contributed by atoms with Gasteiger partial charge in [0, 0.05) is 20.3 Å². The normalized spacial score (nSPS) is 10.1. The van der Waals surface area contributed by atoms with E-state index in [0.717, 1.165) is 31.4 Å². The highest BCUT2D eigenvalue weighted by Crippen LogP contribution is 2.35. The molecule has 0 aliphatic carbocycles. The third-order valence-corrected chi connectivity index (χ3v) is 6.21. The van der Waals surface area contributed by atoms with Crippen molar-refractivity contribution in [2.45, 2.75) is 6.92 Å². The molecule has 0 spiro atoms. The third-order valence-electron chi connectivity index (χ3n) is 3.20. The van der Waals surface area contributed by atoms with Gasteiger partial charge in [0.25, 0.3) is 0 Å². The largest absolute Gasteiger partial charge is 0.486 e. The number of rotatable bonds is 4. The number of methoxy groups -OCH3 is 1. The molecular formula is C16H14Br2N2OS3. The predicted octanol–water partition coefficient (Wildman–Crippen LogP) is 6.59. The third kappa shape index (κ3) is 4.23. The molecule has 0 amide bonds. The summed E-state index contributed by atoms with van der Waals surface area (Å²) in [5, 5.41) is 6.76. The molecule has 2 heterocycles. The molecule has 0 fully saturated rings. The van der Waals surface area contributed by atoms with E-state index in [9.17, 15) is 0 Å². The van der Waals surface area contributed by atoms with Gasteiger partial charge in [-0.3, -0.25) is 0 Å². The maximum atomic E-state index is 5.20. The van der Waals surface area contributed by atoms with Crippen LogP contribution in [-0.2, 0) is 4.74 Å². The summed E-state index contributed by atoms with van der Waals surface area (Å²) in [4.78, 5) is 6.82. The molecule has 3 nitrogen and oxygen atoms in total. The number of halogens is 2. The number of hydrogen-bond acceptors (Lipinski definition) is 6. The summed E-state index contributed by atoms with van der Waals surface area (Å²) >= 11 is 11.9. The Hall–Kier alpha value is -0.800.